The van der Waals surface area contributed by atoms with Crippen LogP contribution in [-0.2, 0) is 9.47 Å². The minimum atomic E-state index is 0.238. The second-order valence-corrected chi connectivity index (χ2v) is 15.2. The highest BCUT2D eigenvalue weighted by Gasteiger charge is 2.19. The SMILES string of the molecule is CCCCCCCC/C=C\CCCCCCCCOCC(CC(C)(C)C)OCCCCCCCC/C=C\CCCCCCCC. The first-order chi connectivity index (χ1) is 22.0. The summed E-state index contributed by atoms with van der Waals surface area (Å²) in [7, 11) is 0. The van der Waals surface area contributed by atoms with Crippen LogP contribution in [0.15, 0.2) is 24.3 Å². The lowest BCUT2D eigenvalue weighted by atomic mass is 9.89. The van der Waals surface area contributed by atoms with E-state index in [0.717, 1.165) is 26.2 Å². The molecule has 0 aliphatic carbocycles. The molecule has 1 atom stereocenters. The molecule has 0 spiro atoms. The van der Waals surface area contributed by atoms with Gasteiger partial charge in [-0.25, -0.2) is 0 Å². The monoisotopic (exact) mass is 633 g/mol. The summed E-state index contributed by atoms with van der Waals surface area (Å²) in [5.41, 5.74) is 0.278. The zero-order chi connectivity index (χ0) is 32.9. The predicted octanol–water partition coefficient (Wildman–Crippen LogP) is 14.9. The summed E-state index contributed by atoms with van der Waals surface area (Å²) in [5.74, 6) is 0. The fraction of sp³-hybridized carbons (Fsp3) is 0.907. The molecule has 45 heavy (non-hydrogen) atoms. The van der Waals surface area contributed by atoms with Gasteiger partial charge in [0.05, 0.1) is 12.7 Å². The zero-order valence-electron chi connectivity index (χ0n) is 31.8. The van der Waals surface area contributed by atoms with Crippen LogP contribution in [0, 0.1) is 5.41 Å². The molecule has 0 aromatic rings. The van der Waals surface area contributed by atoms with Crippen LogP contribution in [0.5, 0.6) is 0 Å². The number of ether oxygens (including phenoxy) is 2. The fourth-order valence-corrected chi connectivity index (χ4v) is 6.11. The second kappa shape index (κ2) is 36.2. The number of unbranched alkanes of at least 4 members (excludes halogenated alkanes) is 24. The van der Waals surface area contributed by atoms with Crippen molar-refractivity contribution in [2.75, 3.05) is 19.8 Å². The minimum absolute atomic E-state index is 0.238. The maximum Gasteiger partial charge on any atom is 0.0813 e. The smallest absolute Gasteiger partial charge is 0.0813 e. The van der Waals surface area contributed by atoms with Crippen LogP contribution in [-0.4, -0.2) is 25.9 Å². The van der Waals surface area contributed by atoms with Gasteiger partial charge in [-0.2, -0.15) is 0 Å². The highest BCUT2D eigenvalue weighted by Crippen LogP contribution is 2.23. The maximum atomic E-state index is 6.33. The lowest BCUT2D eigenvalue weighted by Crippen LogP contribution is -2.26. The number of allylic oxidation sites excluding steroid dienone is 4. The fourth-order valence-electron chi connectivity index (χ4n) is 6.11. The van der Waals surface area contributed by atoms with Gasteiger partial charge in [0, 0.05) is 13.2 Å². The molecule has 0 amide bonds. The molecular weight excluding hydrogens is 548 g/mol. The van der Waals surface area contributed by atoms with Gasteiger partial charge in [0.1, 0.15) is 0 Å². The molecule has 268 valence electrons. The quantitative estimate of drug-likeness (QED) is 0.0505. The Morgan fingerprint density at radius 3 is 1.13 bits per heavy atom. The van der Waals surface area contributed by atoms with E-state index in [9.17, 15) is 0 Å². The Morgan fingerprint density at radius 1 is 0.422 bits per heavy atom. The Labute approximate surface area is 285 Å². The molecule has 0 aromatic heterocycles. The maximum absolute atomic E-state index is 6.33. The molecule has 0 heterocycles. The molecule has 0 radical (unpaired) electrons. The van der Waals surface area contributed by atoms with Gasteiger partial charge in [0.25, 0.3) is 0 Å². The second-order valence-electron chi connectivity index (χ2n) is 15.2. The van der Waals surface area contributed by atoms with Crippen LogP contribution in [0.2, 0.25) is 0 Å². The lowest BCUT2D eigenvalue weighted by Gasteiger charge is -2.26. The summed E-state index contributed by atoms with van der Waals surface area (Å²) in [6.07, 6.45) is 48.8. The zero-order valence-corrected chi connectivity index (χ0v) is 31.8. The van der Waals surface area contributed by atoms with Crippen LogP contribution in [0.25, 0.3) is 0 Å². The van der Waals surface area contributed by atoms with Crippen LogP contribution >= 0.6 is 0 Å². The van der Waals surface area contributed by atoms with Gasteiger partial charge in [-0.1, -0.05) is 174 Å². The van der Waals surface area contributed by atoms with E-state index in [4.69, 9.17) is 9.47 Å². The van der Waals surface area contributed by atoms with E-state index in [2.05, 4.69) is 58.9 Å². The van der Waals surface area contributed by atoms with Gasteiger partial charge in [-0.15, -0.1) is 0 Å². The van der Waals surface area contributed by atoms with Crippen LogP contribution in [0.1, 0.15) is 221 Å². The van der Waals surface area contributed by atoms with Crippen molar-refractivity contribution >= 4 is 0 Å². The summed E-state index contributed by atoms with van der Waals surface area (Å²) < 4.78 is 12.4. The van der Waals surface area contributed by atoms with Crippen molar-refractivity contribution in [3.8, 4) is 0 Å². The Bertz CT molecular complexity index is 601. The third-order valence-electron chi connectivity index (χ3n) is 8.95. The first-order valence-corrected chi connectivity index (χ1v) is 20.5. The summed E-state index contributed by atoms with van der Waals surface area (Å²) in [5, 5.41) is 0. The molecule has 0 aromatic carbocycles. The third-order valence-corrected chi connectivity index (χ3v) is 8.95. The first kappa shape index (κ1) is 44.4. The summed E-state index contributed by atoms with van der Waals surface area (Å²) in [6, 6.07) is 0. The average Bonchev–Trinajstić information content (AvgIpc) is 3.01. The standard InChI is InChI=1S/C43H84O2/c1-6-8-10-12-14-16-18-20-22-24-26-28-30-32-34-36-38-44-41-42(40-43(3,4)5)45-39-37-35-33-31-29-27-25-23-21-19-17-15-13-11-9-7-2/h20-23,42H,6-19,24-41H2,1-5H3/b22-20-,23-21-. The topological polar surface area (TPSA) is 18.5 Å². The Kier molecular flexibility index (Phi) is 35.8. The van der Waals surface area contributed by atoms with Gasteiger partial charge in [-0.3, -0.25) is 0 Å². The predicted molar refractivity (Wildman–Crippen MR) is 204 cm³/mol. The molecule has 0 aliphatic heterocycles. The van der Waals surface area contributed by atoms with Crippen LogP contribution < -0.4 is 0 Å². The molecule has 2 heteroatoms. The first-order valence-electron chi connectivity index (χ1n) is 20.5. The summed E-state index contributed by atoms with van der Waals surface area (Å²) in [6.45, 7) is 14.1. The van der Waals surface area contributed by atoms with Gasteiger partial charge in [0.15, 0.2) is 0 Å². The van der Waals surface area contributed by atoms with Crippen LogP contribution in [0.4, 0.5) is 0 Å². The number of hydrogen-bond donors (Lipinski definition) is 0. The normalized spacial score (nSPS) is 13.1. The highest BCUT2D eigenvalue weighted by molar-refractivity contribution is 4.82. The molecule has 0 saturated carbocycles. The third kappa shape index (κ3) is 39.5. The van der Waals surface area contributed by atoms with Gasteiger partial charge < -0.3 is 9.47 Å². The molecular formula is C43H84O2. The van der Waals surface area contributed by atoms with E-state index in [1.165, 1.54) is 180 Å². The number of rotatable bonds is 36. The highest BCUT2D eigenvalue weighted by atomic mass is 16.5. The summed E-state index contributed by atoms with van der Waals surface area (Å²) >= 11 is 0. The largest absolute Gasteiger partial charge is 0.379 e. The molecule has 2 nitrogen and oxygen atoms in total. The van der Waals surface area contributed by atoms with Crippen LogP contribution in [0.3, 0.4) is 0 Å². The minimum Gasteiger partial charge on any atom is -0.379 e. The van der Waals surface area contributed by atoms with Gasteiger partial charge >= 0.3 is 0 Å². The average molecular weight is 633 g/mol. The molecule has 0 fully saturated rings. The Balaban J connectivity index is 3.63. The van der Waals surface area contributed by atoms with Crippen molar-refractivity contribution < 1.29 is 9.47 Å². The lowest BCUT2D eigenvalue weighted by molar-refractivity contribution is -0.0363. The number of hydrogen-bond acceptors (Lipinski definition) is 2. The molecule has 0 bridgehead atoms. The van der Waals surface area contributed by atoms with Crippen molar-refractivity contribution in [1.82, 2.24) is 0 Å². The van der Waals surface area contributed by atoms with E-state index in [1.807, 2.05) is 0 Å². The van der Waals surface area contributed by atoms with E-state index in [-0.39, 0.29) is 11.5 Å². The van der Waals surface area contributed by atoms with Gasteiger partial charge in [0.2, 0.25) is 0 Å². The Morgan fingerprint density at radius 2 is 0.756 bits per heavy atom. The van der Waals surface area contributed by atoms with Gasteiger partial charge in [-0.05, 0) is 76.0 Å². The molecule has 0 rings (SSSR count). The summed E-state index contributed by atoms with van der Waals surface area (Å²) in [4.78, 5) is 0. The van der Waals surface area contributed by atoms with Crippen molar-refractivity contribution in [3.63, 3.8) is 0 Å². The molecule has 0 aliphatic rings. The van der Waals surface area contributed by atoms with E-state index < -0.39 is 0 Å². The van der Waals surface area contributed by atoms with Crippen molar-refractivity contribution in [3.05, 3.63) is 24.3 Å². The van der Waals surface area contributed by atoms with E-state index in [1.54, 1.807) is 0 Å². The van der Waals surface area contributed by atoms with Crippen molar-refractivity contribution in [1.29, 1.82) is 0 Å². The molecule has 0 saturated heterocycles. The molecule has 0 N–H and O–H groups in total. The van der Waals surface area contributed by atoms with E-state index in [0.29, 0.717) is 0 Å². The van der Waals surface area contributed by atoms with Crippen molar-refractivity contribution in [2.45, 2.75) is 227 Å². The Hall–Kier alpha value is -0.600. The molecule has 1 unspecified atom stereocenters. The van der Waals surface area contributed by atoms with Crippen molar-refractivity contribution in [2.24, 2.45) is 5.41 Å². The van der Waals surface area contributed by atoms with E-state index >= 15 is 0 Å².